The van der Waals surface area contributed by atoms with E-state index in [0.29, 0.717) is 6.73 Å². The lowest BCUT2D eigenvalue weighted by Gasteiger charge is -2.10. The molecule has 0 radical (unpaired) electrons. The van der Waals surface area contributed by atoms with E-state index in [-0.39, 0.29) is 11.9 Å². The first-order valence-corrected chi connectivity index (χ1v) is 3.16. The Balaban J connectivity index is 3.41. The van der Waals surface area contributed by atoms with E-state index in [1.54, 1.807) is 21.1 Å². The van der Waals surface area contributed by atoms with Crippen LogP contribution in [0.5, 0.6) is 0 Å². The van der Waals surface area contributed by atoms with Crippen LogP contribution in [0.15, 0.2) is 0 Å². The third-order valence-corrected chi connectivity index (χ3v) is 1.17. The van der Waals surface area contributed by atoms with Crippen LogP contribution >= 0.6 is 0 Å². The Kier molecular flexibility index (Phi) is 4.88. The highest BCUT2D eigenvalue weighted by Crippen LogP contribution is 1.78. The Hall–Kier alpha value is -0.610. The maximum Gasteiger partial charge on any atom is 0.236 e. The van der Waals surface area contributed by atoms with Crippen molar-refractivity contribution >= 4 is 5.91 Å². The van der Waals surface area contributed by atoms with Crippen LogP contribution in [-0.4, -0.2) is 32.8 Å². The van der Waals surface area contributed by atoms with Gasteiger partial charge in [-0.05, 0) is 6.92 Å². The lowest BCUT2D eigenvalue weighted by molar-refractivity contribution is -0.122. The van der Waals surface area contributed by atoms with E-state index in [0.717, 1.165) is 0 Å². The molecule has 0 fully saturated rings. The number of rotatable bonds is 4. The third kappa shape index (κ3) is 3.42. The number of methoxy groups -OCH3 is 1. The van der Waals surface area contributed by atoms with Gasteiger partial charge in [-0.15, -0.1) is 0 Å². The molecule has 0 rings (SSSR count). The molecule has 0 unspecified atom stereocenters. The van der Waals surface area contributed by atoms with Crippen LogP contribution in [0.2, 0.25) is 0 Å². The largest absolute Gasteiger partial charge is 0.370 e. The number of amides is 1. The van der Waals surface area contributed by atoms with Crippen molar-refractivity contribution in [3.63, 3.8) is 0 Å². The lowest BCUT2D eigenvalue weighted by Crippen LogP contribution is -2.41. The quantitative estimate of drug-likeness (QED) is 0.516. The van der Waals surface area contributed by atoms with Gasteiger partial charge in [0.2, 0.25) is 5.91 Å². The van der Waals surface area contributed by atoms with E-state index in [4.69, 9.17) is 4.74 Å². The second-order valence-electron chi connectivity index (χ2n) is 1.97. The number of hydrogen-bond acceptors (Lipinski definition) is 3. The SMILES string of the molecule is CNC(=O)[C@H](C)NCOC. The molecule has 0 aliphatic carbocycles. The summed E-state index contributed by atoms with van der Waals surface area (Å²) in [6, 6.07) is -0.190. The van der Waals surface area contributed by atoms with Gasteiger partial charge in [-0.3, -0.25) is 10.1 Å². The fraction of sp³-hybridized carbons (Fsp3) is 0.833. The first-order valence-electron chi connectivity index (χ1n) is 3.16. The first-order chi connectivity index (χ1) is 4.72. The molecule has 0 aromatic carbocycles. The van der Waals surface area contributed by atoms with Crippen LogP contribution in [0.1, 0.15) is 6.92 Å². The molecular weight excluding hydrogens is 132 g/mol. The van der Waals surface area contributed by atoms with Crippen LogP contribution < -0.4 is 10.6 Å². The molecular formula is C6H14N2O2. The van der Waals surface area contributed by atoms with Crippen molar-refractivity contribution in [3.05, 3.63) is 0 Å². The van der Waals surface area contributed by atoms with Crippen molar-refractivity contribution in [2.45, 2.75) is 13.0 Å². The number of carbonyl (C=O) groups excluding carboxylic acids is 1. The molecule has 0 aromatic rings. The number of ether oxygens (including phenoxy) is 1. The summed E-state index contributed by atoms with van der Waals surface area (Å²) in [7, 11) is 3.18. The number of carbonyl (C=O) groups is 1. The summed E-state index contributed by atoms with van der Waals surface area (Å²) in [5.41, 5.74) is 0. The number of likely N-dealkylation sites (N-methyl/N-ethyl adjacent to an activating group) is 1. The minimum atomic E-state index is -0.190. The summed E-state index contributed by atoms with van der Waals surface area (Å²) in [6.07, 6.45) is 0. The van der Waals surface area contributed by atoms with Crippen molar-refractivity contribution in [2.24, 2.45) is 0 Å². The fourth-order valence-corrected chi connectivity index (χ4v) is 0.518. The summed E-state index contributed by atoms with van der Waals surface area (Å²) < 4.78 is 4.72. The Morgan fingerprint density at radius 3 is 2.70 bits per heavy atom. The Morgan fingerprint density at radius 2 is 2.30 bits per heavy atom. The van der Waals surface area contributed by atoms with Crippen LogP contribution in [0, 0.1) is 0 Å². The molecule has 1 amide bonds. The molecule has 0 spiro atoms. The van der Waals surface area contributed by atoms with Crippen molar-refractivity contribution < 1.29 is 9.53 Å². The van der Waals surface area contributed by atoms with Gasteiger partial charge in [0.1, 0.15) is 0 Å². The lowest BCUT2D eigenvalue weighted by atomic mass is 10.3. The highest BCUT2D eigenvalue weighted by molar-refractivity contribution is 5.80. The molecule has 0 heterocycles. The predicted octanol–water partition coefficient (Wildman–Crippen LogP) is -0.686. The van der Waals surface area contributed by atoms with E-state index in [1.807, 2.05) is 0 Å². The van der Waals surface area contributed by atoms with Crippen molar-refractivity contribution in [2.75, 3.05) is 20.9 Å². The van der Waals surface area contributed by atoms with Gasteiger partial charge < -0.3 is 10.1 Å². The topological polar surface area (TPSA) is 50.4 Å². The van der Waals surface area contributed by atoms with Gasteiger partial charge in [-0.1, -0.05) is 0 Å². The standard InChI is InChI=1S/C6H14N2O2/c1-5(6(9)7-2)8-4-10-3/h5,8H,4H2,1-3H3,(H,7,9)/t5-/m0/s1. The summed E-state index contributed by atoms with van der Waals surface area (Å²) in [4.78, 5) is 10.8. The van der Waals surface area contributed by atoms with Gasteiger partial charge in [0, 0.05) is 14.2 Å². The van der Waals surface area contributed by atoms with Crippen LogP contribution in [-0.2, 0) is 9.53 Å². The second-order valence-corrected chi connectivity index (χ2v) is 1.97. The summed E-state index contributed by atoms with van der Waals surface area (Å²) in [5, 5.41) is 5.37. The highest BCUT2D eigenvalue weighted by Gasteiger charge is 2.07. The van der Waals surface area contributed by atoms with Gasteiger partial charge in [0.15, 0.2) is 0 Å². The van der Waals surface area contributed by atoms with Gasteiger partial charge >= 0.3 is 0 Å². The first kappa shape index (κ1) is 9.39. The monoisotopic (exact) mass is 146 g/mol. The Bertz CT molecular complexity index is 106. The molecule has 2 N–H and O–H groups in total. The van der Waals surface area contributed by atoms with Crippen LogP contribution in [0.25, 0.3) is 0 Å². The van der Waals surface area contributed by atoms with Gasteiger partial charge in [-0.2, -0.15) is 0 Å². The smallest absolute Gasteiger partial charge is 0.236 e. The third-order valence-electron chi connectivity index (χ3n) is 1.17. The van der Waals surface area contributed by atoms with Crippen molar-refractivity contribution in [1.29, 1.82) is 0 Å². The number of nitrogens with one attached hydrogen (secondary N) is 2. The van der Waals surface area contributed by atoms with E-state index < -0.39 is 0 Å². The normalized spacial score (nSPS) is 12.7. The zero-order chi connectivity index (χ0) is 7.98. The van der Waals surface area contributed by atoms with E-state index in [1.165, 1.54) is 0 Å². The summed E-state index contributed by atoms with van der Waals surface area (Å²) in [6.45, 7) is 2.17. The molecule has 0 saturated heterocycles. The molecule has 4 heteroatoms. The Labute approximate surface area is 60.9 Å². The predicted molar refractivity (Wildman–Crippen MR) is 38.5 cm³/mol. The molecule has 1 atom stereocenters. The van der Waals surface area contributed by atoms with Crippen LogP contribution in [0.3, 0.4) is 0 Å². The highest BCUT2D eigenvalue weighted by atomic mass is 16.5. The van der Waals surface area contributed by atoms with E-state index in [9.17, 15) is 4.79 Å². The van der Waals surface area contributed by atoms with Gasteiger partial charge in [-0.25, -0.2) is 0 Å². The molecule has 0 aromatic heterocycles. The molecule has 0 aliphatic rings. The zero-order valence-electron chi connectivity index (χ0n) is 6.60. The van der Waals surface area contributed by atoms with E-state index in [2.05, 4.69) is 10.6 Å². The average Bonchev–Trinajstić information content (AvgIpc) is 1.98. The molecule has 4 nitrogen and oxygen atoms in total. The van der Waals surface area contributed by atoms with Crippen molar-refractivity contribution in [3.8, 4) is 0 Å². The maximum atomic E-state index is 10.8. The second kappa shape index (κ2) is 5.20. The molecule has 0 bridgehead atoms. The summed E-state index contributed by atoms with van der Waals surface area (Å²) >= 11 is 0. The zero-order valence-corrected chi connectivity index (χ0v) is 6.60. The fourth-order valence-electron chi connectivity index (χ4n) is 0.518. The summed E-state index contributed by atoms with van der Waals surface area (Å²) in [5.74, 6) is -0.0305. The van der Waals surface area contributed by atoms with Gasteiger partial charge in [0.05, 0.1) is 12.8 Å². The molecule has 0 aliphatic heterocycles. The Morgan fingerprint density at radius 1 is 1.70 bits per heavy atom. The molecule has 10 heavy (non-hydrogen) atoms. The average molecular weight is 146 g/mol. The molecule has 0 saturated carbocycles. The molecule has 60 valence electrons. The minimum absolute atomic E-state index is 0.0305. The van der Waals surface area contributed by atoms with E-state index >= 15 is 0 Å². The van der Waals surface area contributed by atoms with Crippen LogP contribution in [0.4, 0.5) is 0 Å². The minimum Gasteiger partial charge on any atom is -0.370 e. The maximum absolute atomic E-state index is 10.8. The van der Waals surface area contributed by atoms with Gasteiger partial charge in [0.25, 0.3) is 0 Å². The number of hydrogen-bond donors (Lipinski definition) is 2. The van der Waals surface area contributed by atoms with Crippen molar-refractivity contribution in [1.82, 2.24) is 10.6 Å².